The zero-order valence-electron chi connectivity index (χ0n) is 12.4. The van der Waals surface area contributed by atoms with Gasteiger partial charge in [-0.25, -0.2) is 0 Å². The molecule has 4 rings (SSSR count). The first-order valence-electron chi connectivity index (χ1n) is 7.88. The summed E-state index contributed by atoms with van der Waals surface area (Å²) in [6.07, 6.45) is 8.81. The number of pyridine rings is 1. The van der Waals surface area contributed by atoms with E-state index in [1.54, 1.807) is 0 Å². The van der Waals surface area contributed by atoms with Crippen LogP contribution in [0.2, 0.25) is 0 Å². The van der Waals surface area contributed by atoms with Gasteiger partial charge in [-0.05, 0) is 44.7 Å². The van der Waals surface area contributed by atoms with Crippen molar-refractivity contribution in [3.63, 3.8) is 0 Å². The van der Waals surface area contributed by atoms with Crippen LogP contribution in [0.4, 0.5) is 5.69 Å². The Morgan fingerprint density at radius 1 is 1.24 bits per heavy atom. The molecule has 2 fully saturated rings. The summed E-state index contributed by atoms with van der Waals surface area (Å²) in [6, 6.07) is 4.95. The van der Waals surface area contributed by atoms with Gasteiger partial charge >= 0.3 is 0 Å². The fourth-order valence-corrected chi connectivity index (χ4v) is 3.33. The molecule has 1 aliphatic heterocycles. The van der Waals surface area contributed by atoms with Crippen molar-refractivity contribution < 1.29 is 0 Å². The Labute approximate surface area is 125 Å². The van der Waals surface area contributed by atoms with Gasteiger partial charge < -0.3 is 9.47 Å². The predicted octanol–water partition coefficient (Wildman–Crippen LogP) is 2.70. The molecule has 0 radical (unpaired) electrons. The van der Waals surface area contributed by atoms with Crippen molar-refractivity contribution in [1.82, 2.24) is 19.7 Å². The summed E-state index contributed by atoms with van der Waals surface area (Å²) < 4.78 is 2.31. The van der Waals surface area contributed by atoms with E-state index in [2.05, 4.69) is 43.7 Å². The molecule has 0 N–H and O–H groups in total. The second-order valence-corrected chi connectivity index (χ2v) is 6.27. The van der Waals surface area contributed by atoms with E-state index in [1.807, 2.05) is 12.5 Å². The normalized spacial score (nSPS) is 22.5. The van der Waals surface area contributed by atoms with Gasteiger partial charge in [0.15, 0.2) is 0 Å². The van der Waals surface area contributed by atoms with Crippen molar-refractivity contribution in [2.75, 3.05) is 18.0 Å². The summed E-state index contributed by atoms with van der Waals surface area (Å²) in [4.78, 5) is 6.76. The van der Waals surface area contributed by atoms with E-state index >= 15 is 0 Å². The molecule has 21 heavy (non-hydrogen) atoms. The van der Waals surface area contributed by atoms with Crippen LogP contribution >= 0.6 is 0 Å². The standard InChI is InChI=1S/C16H21N5/c1-12-9-15(6-7-17-12)20-8-2-3-13(10-20)16-19-18-11-21(16)14-4-5-14/h6-7,9,11,13-14H,2-5,8,10H2,1H3. The highest BCUT2D eigenvalue weighted by Crippen LogP contribution is 2.38. The molecular weight excluding hydrogens is 262 g/mol. The van der Waals surface area contributed by atoms with E-state index in [9.17, 15) is 0 Å². The molecule has 1 saturated heterocycles. The van der Waals surface area contributed by atoms with Gasteiger partial charge in [0.25, 0.3) is 0 Å². The van der Waals surface area contributed by atoms with Crippen molar-refractivity contribution in [3.8, 4) is 0 Å². The van der Waals surface area contributed by atoms with Gasteiger partial charge in [0.1, 0.15) is 12.2 Å². The smallest absolute Gasteiger partial charge is 0.137 e. The van der Waals surface area contributed by atoms with Gasteiger partial charge in [-0.2, -0.15) is 0 Å². The second kappa shape index (κ2) is 5.13. The Kier molecular flexibility index (Phi) is 3.13. The summed E-state index contributed by atoms with van der Waals surface area (Å²) in [5.74, 6) is 1.68. The highest BCUT2D eigenvalue weighted by atomic mass is 15.3. The lowest BCUT2D eigenvalue weighted by Crippen LogP contribution is -2.35. The lowest BCUT2D eigenvalue weighted by Gasteiger charge is -2.34. The van der Waals surface area contributed by atoms with Crippen molar-refractivity contribution in [2.45, 2.75) is 44.6 Å². The minimum Gasteiger partial charge on any atom is -0.371 e. The van der Waals surface area contributed by atoms with Gasteiger partial charge in [0, 0.05) is 42.6 Å². The maximum Gasteiger partial charge on any atom is 0.137 e. The Hall–Kier alpha value is -1.91. The van der Waals surface area contributed by atoms with E-state index in [0.717, 1.165) is 18.8 Å². The SMILES string of the molecule is Cc1cc(N2CCCC(c3nncn3C3CC3)C2)ccn1. The van der Waals surface area contributed by atoms with Crippen molar-refractivity contribution in [2.24, 2.45) is 0 Å². The third-order valence-corrected chi connectivity index (χ3v) is 4.57. The maximum atomic E-state index is 4.42. The topological polar surface area (TPSA) is 46.8 Å². The fraction of sp³-hybridized carbons (Fsp3) is 0.562. The minimum absolute atomic E-state index is 0.496. The van der Waals surface area contributed by atoms with Crippen LogP contribution in [0.1, 0.15) is 49.2 Å². The Morgan fingerprint density at radius 2 is 2.14 bits per heavy atom. The lowest BCUT2D eigenvalue weighted by molar-refractivity contribution is 0.471. The molecule has 1 atom stereocenters. The van der Waals surface area contributed by atoms with Crippen LogP contribution in [0.15, 0.2) is 24.7 Å². The number of hydrogen-bond acceptors (Lipinski definition) is 4. The lowest BCUT2D eigenvalue weighted by atomic mass is 9.96. The number of hydrogen-bond donors (Lipinski definition) is 0. The molecule has 0 amide bonds. The number of anilines is 1. The first-order chi connectivity index (χ1) is 10.3. The first-order valence-corrected chi connectivity index (χ1v) is 7.88. The molecule has 1 unspecified atom stereocenters. The Morgan fingerprint density at radius 3 is 2.95 bits per heavy atom. The van der Waals surface area contributed by atoms with E-state index in [4.69, 9.17) is 0 Å². The van der Waals surface area contributed by atoms with E-state index in [1.165, 1.54) is 37.2 Å². The summed E-state index contributed by atoms with van der Waals surface area (Å²) >= 11 is 0. The Balaban J connectivity index is 1.56. The van der Waals surface area contributed by atoms with Crippen LogP contribution < -0.4 is 4.90 Å². The average Bonchev–Trinajstić information content (AvgIpc) is 3.24. The molecule has 2 aliphatic rings. The summed E-state index contributed by atoms with van der Waals surface area (Å²) in [5.41, 5.74) is 2.36. The molecule has 5 heteroatoms. The second-order valence-electron chi connectivity index (χ2n) is 6.27. The molecular formula is C16H21N5. The fourth-order valence-electron chi connectivity index (χ4n) is 3.33. The zero-order chi connectivity index (χ0) is 14.2. The first kappa shape index (κ1) is 12.8. The average molecular weight is 283 g/mol. The molecule has 0 spiro atoms. The third-order valence-electron chi connectivity index (χ3n) is 4.57. The van der Waals surface area contributed by atoms with Crippen LogP contribution in [-0.2, 0) is 0 Å². The molecule has 110 valence electrons. The zero-order valence-corrected chi connectivity index (χ0v) is 12.4. The van der Waals surface area contributed by atoms with Crippen LogP contribution in [-0.4, -0.2) is 32.8 Å². The molecule has 2 aromatic heterocycles. The molecule has 2 aromatic rings. The van der Waals surface area contributed by atoms with Crippen molar-refractivity contribution in [1.29, 1.82) is 0 Å². The van der Waals surface area contributed by atoms with Crippen LogP contribution in [0, 0.1) is 6.92 Å². The number of rotatable bonds is 3. The van der Waals surface area contributed by atoms with Crippen LogP contribution in [0.3, 0.4) is 0 Å². The number of nitrogens with zero attached hydrogens (tertiary/aromatic N) is 5. The summed E-state index contributed by atoms with van der Waals surface area (Å²) in [6.45, 7) is 4.21. The Bertz CT molecular complexity index is 631. The summed E-state index contributed by atoms with van der Waals surface area (Å²) in [5, 5.41) is 8.58. The van der Waals surface area contributed by atoms with Gasteiger partial charge in [-0.1, -0.05) is 0 Å². The van der Waals surface area contributed by atoms with Gasteiger partial charge in [-0.15, -0.1) is 10.2 Å². The van der Waals surface area contributed by atoms with E-state index in [-0.39, 0.29) is 0 Å². The highest BCUT2D eigenvalue weighted by Gasteiger charge is 2.31. The van der Waals surface area contributed by atoms with Gasteiger partial charge in [-0.3, -0.25) is 4.98 Å². The largest absolute Gasteiger partial charge is 0.371 e. The van der Waals surface area contributed by atoms with Crippen LogP contribution in [0.25, 0.3) is 0 Å². The number of aryl methyl sites for hydroxylation is 1. The highest BCUT2D eigenvalue weighted by molar-refractivity contribution is 5.47. The van der Waals surface area contributed by atoms with E-state index < -0.39 is 0 Å². The third kappa shape index (κ3) is 2.52. The van der Waals surface area contributed by atoms with Crippen molar-refractivity contribution >= 4 is 5.69 Å². The minimum atomic E-state index is 0.496. The monoisotopic (exact) mass is 283 g/mol. The number of piperidine rings is 1. The molecule has 0 bridgehead atoms. The quantitative estimate of drug-likeness (QED) is 0.869. The molecule has 3 heterocycles. The van der Waals surface area contributed by atoms with Crippen molar-refractivity contribution in [3.05, 3.63) is 36.2 Å². The van der Waals surface area contributed by atoms with Crippen LogP contribution in [0.5, 0.6) is 0 Å². The molecule has 1 aliphatic carbocycles. The van der Waals surface area contributed by atoms with E-state index in [0.29, 0.717) is 12.0 Å². The molecule has 1 saturated carbocycles. The van der Waals surface area contributed by atoms with Gasteiger partial charge in [0.05, 0.1) is 0 Å². The molecule has 5 nitrogen and oxygen atoms in total. The predicted molar refractivity (Wildman–Crippen MR) is 81.5 cm³/mol. The summed E-state index contributed by atoms with van der Waals surface area (Å²) in [7, 11) is 0. The number of aromatic nitrogens is 4. The maximum absolute atomic E-state index is 4.42. The van der Waals surface area contributed by atoms with Gasteiger partial charge in [0.2, 0.25) is 0 Å². The molecule has 0 aromatic carbocycles.